The van der Waals surface area contributed by atoms with Crippen molar-refractivity contribution in [2.24, 2.45) is 11.7 Å². The normalized spacial score (nSPS) is 14.2. The molecule has 0 aliphatic heterocycles. The zero-order valence-electron chi connectivity index (χ0n) is 13.2. The maximum atomic E-state index is 13.5. The molecule has 1 saturated carbocycles. The molecule has 1 aliphatic rings. The second kappa shape index (κ2) is 7.09. The number of nitrogens with one attached hydrogen (secondary N) is 1. The molecule has 0 saturated heterocycles. The Morgan fingerprint density at radius 3 is 2.21 bits per heavy atom. The van der Waals surface area contributed by atoms with E-state index in [0.29, 0.717) is 16.6 Å². The molecule has 5 heteroatoms. The van der Waals surface area contributed by atoms with Gasteiger partial charge in [0.2, 0.25) is 0 Å². The van der Waals surface area contributed by atoms with Crippen LogP contribution in [0.2, 0.25) is 0 Å². The summed E-state index contributed by atoms with van der Waals surface area (Å²) in [6.45, 7) is 0.917. The van der Waals surface area contributed by atoms with E-state index in [2.05, 4.69) is 4.98 Å². The second-order valence-corrected chi connectivity index (χ2v) is 6.07. The van der Waals surface area contributed by atoms with Crippen LogP contribution in [-0.2, 0) is 0 Å². The van der Waals surface area contributed by atoms with Crippen LogP contribution in [0.15, 0.2) is 42.5 Å². The molecule has 1 aromatic heterocycles. The molecule has 0 atom stereocenters. The quantitative estimate of drug-likeness (QED) is 0.681. The molecule has 0 spiro atoms. The molecular weight excluding hydrogens is 313 g/mol. The van der Waals surface area contributed by atoms with Gasteiger partial charge in [0.05, 0.1) is 5.52 Å². The van der Waals surface area contributed by atoms with Crippen LogP contribution in [0.5, 0.6) is 0 Å². The van der Waals surface area contributed by atoms with Crippen LogP contribution >= 0.6 is 0 Å². The van der Waals surface area contributed by atoms with Gasteiger partial charge in [0, 0.05) is 17.1 Å². The molecule has 3 N–H and O–H groups in total. The number of H-pyrrole nitrogens is 1. The van der Waals surface area contributed by atoms with E-state index in [-0.39, 0.29) is 11.3 Å². The van der Waals surface area contributed by atoms with E-state index >= 15 is 0 Å². The molecule has 0 radical (unpaired) electrons. The Morgan fingerprint density at radius 1 is 0.958 bits per heavy atom. The zero-order valence-corrected chi connectivity index (χ0v) is 13.2. The average molecular weight is 332 g/mol. The average Bonchev–Trinajstić information content (AvgIpc) is 2.91. The first-order chi connectivity index (χ1) is 11.6. The van der Waals surface area contributed by atoms with Gasteiger partial charge in [-0.25, -0.2) is 13.2 Å². The third-order valence-electron chi connectivity index (χ3n) is 4.36. The van der Waals surface area contributed by atoms with Crippen molar-refractivity contribution < 1.29 is 13.2 Å². The zero-order chi connectivity index (χ0) is 17.1. The fraction of sp³-hybridized carbons (Fsp3) is 0.263. The predicted molar refractivity (Wildman–Crippen MR) is 90.0 cm³/mol. The fourth-order valence-electron chi connectivity index (χ4n) is 2.68. The summed E-state index contributed by atoms with van der Waals surface area (Å²) >= 11 is 0. The maximum Gasteiger partial charge on any atom is 0.150 e. The summed E-state index contributed by atoms with van der Waals surface area (Å²) in [6, 6.07) is 9.50. The van der Waals surface area contributed by atoms with Gasteiger partial charge in [0.1, 0.15) is 17.5 Å². The second-order valence-electron chi connectivity index (χ2n) is 6.07. The van der Waals surface area contributed by atoms with E-state index in [1.165, 1.54) is 37.5 Å². The van der Waals surface area contributed by atoms with Gasteiger partial charge in [-0.15, -0.1) is 0 Å². The van der Waals surface area contributed by atoms with Crippen molar-refractivity contribution in [3.8, 4) is 11.3 Å². The summed E-state index contributed by atoms with van der Waals surface area (Å²) in [7, 11) is 0. The highest BCUT2D eigenvalue weighted by molar-refractivity contribution is 5.86. The molecule has 1 heterocycles. The smallest absolute Gasteiger partial charge is 0.150 e. The summed E-state index contributed by atoms with van der Waals surface area (Å²) in [5.74, 6) is -0.708. The lowest BCUT2D eigenvalue weighted by Gasteiger charge is -2.22. The Balaban J connectivity index is 0.000000238. The number of rotatable bonds is 2. The molecule has 2 nitrogen and oxygen atoms in total. The SMILES string of the molecule is Fc1ccc(-c2cc3cc(F)cc(F)c3[nH]2)cc1.NCC1CCC1. The van der Waals surface area contributed by atoms with Crippen molar-refractivity contribution in [1.82, 2.24) is 4.98 Å². The van der Waals surface area contributed by atoms with Crippen molar-refractivity contribution in [2.45, 2.75) is 19.3 Å². The molecule has 24 heavy (non-hydrogen) atoms. The molecule has 126 valence electrons. The Kier molecular flexibility index (Phi) is 4.90. The minimum Gasteiger partial charge on any atom is -0.352 e. The summed E-state index contributed by atoms with van der Waals surface area (Å²) in [6.07, 6.45) is 4.19. The van der Waals surface area contributed by atoms with Gasteiger partial charge in [0.25, 0.3) is 0 Å². The lowest BCUT2D eigenvalue weighted by molar-refractivity contribution is 0.325. The van der Waals surface area contributed by atoms with Crippen LogP contribution in [-0.4, -0.2) is 11.5 Å². The maximum absolute atomic E-state index is 13.5. The molecule has 0 amide bonds. The minimum atomic E-state index is -0.640. The van der Waals surface area contributed by atoms with Crippen LogP contribution in [0.1, 0.15) is 19.3 Å². The topological polar surface area (TPSA) is 41.8 Å². The van der Waals surface area contributed by atoms with Crippen LogP contribution in [0.25, 0.3) is 22.2 Å². The first-order valence-electron chi connectivity index (χ1n) is 8.00. The van der Waals surface area contributed by atoms with E-state index in [4.69, 9.17) is 5.73 Å². The van der Waals surface area contributed by atoms with Crippen LogP contribution < -0.4 is 5.73 Å². The molecule has 1 aliphatic carbocycles. The van der Waals surface area contributed by atoms with Crippen molar-refractivity contribution >= 4 is 10.9 Å². The first-order valence-corrected chi connectivity index (χ1v) is 8.00. The van der Waals surface area contributed by atoms with E-state index < -0.39 is 11.6 Å². The standard InChI is InChI=1S/C14H8F3N.C5H11N/c15-10-3-1-8(2-4-10)13-6-9-5-11(16)7-12(17)14(9)18-13;6-4-5-2-1-3-5/h1-7,18H;5H,1-4,6H2. The number of nitrogens with two attached hydrogens (primary N) is 1. The monoisotopic (exact) mass is 332 g/mol. The Hall–Kier alpha value is -2.27. The van der Waals surface area contributed by atoms with Crippen LogP contribution in [0.4, 0.5) is 13.2 Å². The Bertz CT molecular complexity index is 818. The molecule has 2 aromatic carbocycles. The van der Waals surface area contributed by atoms with Crippen LogP contribution in [0.3, 0.4) is 0 Å². The lowest BCUT2D eigenvalue weighted by Crippen LogP contribution is -2.20. The van der Waals surface area contributed by atoms with Crippen molar-refractivity contribution in [1.29, 1.82) is 0 Å². The largest absolute Gasteiger partial charge is 0.352 e. The number of benzene rings is 2. The fourth-order valence-corrected chi connectivity index (χ4v) is 2.68. The number of hydrogen-bond acceptors (Lipinski definition) is 1. The van der Waals surface area contributed by atoms with E-state index in [1.807, 2.05) is 0 Å². The number of aromatic amines is 1. The highest BCUT2D eigenvalue weighted by Crippen LogP contribution is 2.26. The van der Waals surface area contributed by atoms with Gasteiger partial charge in [-0.05, 0) is 67.3 Å². The molecule has 0 bridgehead atoms. The molecule has 0 unspecified atom stereocenters. The van der Waals surface area contributed by atoms with Crippen molar-refractivity contribution in [2.75, 3.05) is 6.54 Å². The van der Waals surface area contributed by atoms with Crippen LogP contribution in [0, 0.1) is 23.4 Å². The van der Waals surface area contributed by atoms with Gasteiger partial charge in [-0.1, -0.05) is 6.42 Å². The number of hydrogen-bond donors (Lipinski definition) is 2. The lowest BCUT2D eigenvalue weighted by atomic mass is 9.86. The summed E-state index contributed by atoms with van der Waals surface area (Å²) in [5.41, 5.74) is 6.91. The number of aromatic nitrogens is 1. The minimum absolute atomic E-state index is 0.246. The predicted octanol–water partition coefficient (Wildman–Crippen LogP) is 5.00. The van der Waals surface area contributed by atoms with Gasteiger partial charge in [0.15, 0.2) is 0 Å². The Labute approximate surface area is 138 Å². The molecule has 4 rings (SSSR count). The highest BCUT2D eigenvalue weighted by atomic mass is 19.1. The summed E-state index contributed by atoms with van der Waals surface area (Å²) in [5, 5.41) is 0.451. The molecule has 3 aromatic rings. The first kappa shape index (κ1) is 16.6. The number of halogens is 3. The van der Waals surface area contributed by atoms with Gasteiger partial charge in [-0.3, -0.25) is 0 Å². The third-order valence-corrected chi connectivity index (χ3v) is 4.36. The van der Waals surface area contributed by atoms with E-state index in [9.17, 15) is 13.2 Å². The Morgan fingerprint density at radius 2 is 1.67 bits per heavy atom. The van der Waals surface area contributed by atoms with Gasteiger partial charge >= 0.3 is 0 Å². The van der Waals surface area contributed by atoms with Gasteiger partial charge < -0.3 is 10.7 Å². The van der Waals surface area contributed by atoms with Gasteiger partial charge in [-0.2, -0.15) is 0 Å². The highest BCUT2D eigenvalue weighted by Gasteiger charge is 2.13. The third kappa shape index (κ3) is 3.62. The summed E-state index contributed by atoms with van der Waals surface area (Å²) in [4.78, 5) is 2.86. The van der Waals surface area contributed by atoms with Crippen molar-refractivity contribution in [3.05, 3.63) is 59.9 Å². The van der Waals surface area contributed by atoms with E-state index in [1.54, 1.807) is 18.2 Å². The molecular formula is C19H19F3N2. The number of fused-ring (bicyclic) bond motifs is 1. The summed E-state index contributed by atoms with van der Waals surface area (Å²) < 4.78 is 39.4. The van der Waals surface area contributed by atoms with E-state index in [0.717, 1.165) is 18.5 Å². The molecule has 1 fully saturated rings. The van der Waals surface area contributed by atoms with Crippen molar-refractivity contribution in [3.63, 3.8) is 0 Å².